The minimum absolute atomic E-state index is 0. The summed E-state index contributed by atoms with van der Waals surface area (Å²) >= 11 is 5.53. The molecular formula is C24H37ClN2O2. The molecule has 0 aliphatic carbocycles. The van der Waals surface area contributed by atoms with Crippen LogP contribution in [0.3, 0.4) is 0 Å². The van der Waals surface area contributed by atoms with Crippen molar-refractivity contribution in [1.82, 2.24) is 9.97 Å². The van der Waals surface area contributed by atoms with Gasteiger partial charge in [0.25, 0.3) is 0 Å². The fourth-order valence-corrected chi connectivity index (χ4v) is 2.82. The highest BCUT2D eigenvalue weighted by molar-refractivity contribution is 6.30. The highest BCUT2D eigenvalue weighted by Crippen LogP contribution is 2.26. The molecule has 2 heterocycles. The van der Waals surface area contributed by atoms with Crippen molar-refractivity contribution in [2.45, 2.75) is 74.1 Å². The number of alkyl halides is 1. The van der Waals surface area contributed by atoms with Crippen molar-refractivity contribution in [2.24, 2.45) is 0 Å². The van der Waals surface area contributed by atoms with Crippen molar-refractivity contribution in [3.8, 4) is 0 Å². The van der Waals surface area contributed by atoms with Gasteiger partial charge in [0.05, 0.1) is 5.88 Å². The maximum atomic E-state index is 11.5. The van der Waals surface area contributed by atoms with Crippen molar-refractivity contribution >= 4 is 23.2 Å². The van der Waals surface area contributed by atoms with Gasteiger partial charge in [0, 0.05) is 35.9 Å². The fourth-order valence-electron chi connectivity index (χ4n) is 2.67. The molecule has 0 radical (unpaired) electrons. The number of carbonyl (C=O) groups is 2. The minimum Gasteiger partial charge on any atom is -0.294 e. The number of ketones is 2. The van der Waals surface area contributed by atoms with E-state index in [0.29, 0.717) is 5.56 Å². The number of pyridine rings is 2. The maximum absolute atomic E-state index is 11.5. The van der Waals surface area contributed by atoms with E-state index >= 15 is 0 Å². The van der Waals surface area contributed by atoms with Crippen molar-refractivity contribution in [3.05, 3.63) is 59.2 Å². The van der Waals surface area contributed by atoms with Gasteiger partial charge < -0.3 is 0 Å². The summed E-state index contributed by atoms with van der Waals surface area (Å²) in [4.78, 5) is 30.7. The first kappa shape index (κ1) is 29.1. The first-order chi connectivity index (χ1) is 12.4. The van der Waals surface area contributed by atoms with Crippen LogP contribution in [0.2, 0.25) is 0 Å². The molecule has 0 N–H and O–H groups in total. The predicted octanol–water partition coefficient (Wildman–Crippen LogP) is 6.65. The molecule has 5 heteroatoms. The standard InChI is InChI=1S/C11H14ClNO.C11H15NO.2CH4/c1-11(2,3)9-4-5-13-7-8(9)10(14)6-12;1-8(13)9-7-12-6-5-10(9)11(2,3)4;;/h4-5,7H,6H2,1-3H3;5-7H,1-4H3;2*1H4. The van der Waals surface area contributed by atoms with Crippen LogP contribution in [0.25, 0.3) is 0 Å². The molecule has 0 bridgehead atoms. The van der Waals surface area contributed by atoms with E-state index in [-0.39, 0.29) is 43.1 Å². The number of nitrogens with zero attached hydrogens (tertiary/aromatic N) is 2. The van der Waals surface area contributed by atoms with Gasteiger partial charge in [-0.15, -0.1) is 11.6 Å². The molecule has 162 valence electrons. The Hall–Kier alpha value is -2.07. The summed E-state index contributed by atoms with van der Waals surface area (Å²) in [7, 11) is 0. The summed E-state index contributed by atoms with van der Waals surface area (Å²) in [5.41, 5.74) is 3.38. The zero-order valence-electron chi connectivity index (χ0n) is 17.3. The van der Waals surface area contributed by atoms with Crippen LogP contribution in [-0.4, -0.2) is 27.4 Å². The SMILES string of the molecule is C.C.CC(=O)c1cnccc1C(C)(C)C.CC(C)(C)c1ccncc1C(=O)CCl. The Labute approximate surface area is 182 Å². The van der Waals surface area contributed by atoms with E-state index < -0.39 is 0 Å². The second-order valence-electron chi connectivity index (χ2n) is 8.46. The minimum atomic E-state index is -0.0651. The summed E-state index contributed by atoms with van der Waals surface area (Å²) in [6.45, 7) is 14.0. The van der Waals surface area contributed by atoms with Crippen LogP contribution in [0.15, 0.2) is 36.9 Å². The first-order valence-electron chi connectivity index (χ1n) is 8.88. The fraction of sp³-hybridized carbons (Fsp3) is 0.500. The van der Waals surface area contributed by atoms with Crippen LogP contribution >= 0.6 is 11.6 Å². The van der Waals surface area contributed by atoms with E-state index in [1.807, 2.05) is 12.1 Å². The third-order valence-electron chi connectivity index (χ3n) is 4.06. The lowest BCUT2D eigenvalue weighted by Gasteiger charge is -2.21. The van der Waals surface area contributed by atoms with Crippen molar-refractivity contribution < 1.29 is 9.59 Å². The lowest BCUT2D eigenvalue weighted by atomic mass is 9.84. The number of hydrogen-bond acceptors (Lipinski definition) is 4. The highest BCUT2D eigenvalue weighted by atomic mass is 35.5. The molecule has 0 aromatic carbocycles. The Morgan fingerprint density at radius 3 is 1.52 bits per heavy atom. The molecule has 0 unspecified atom stereocenters. The van der Waals surface area contributed by atoms with Gasteiger partial charge in [-0.2, -0.15) is 0 Å². The zero-order chi connectivity index (χ0) is 20.8. The Bertz CT molecular complexity index is 803. The van der Waals surface area contributed by atoms with Gasteiger partial charge >= 0.3 is 0 Å². The highest BCUT2D eigenvalue weighted by Gasteiger charge is 2.21. The van der Waals surface area contributed by atoms with Gasteiger partial charge in [-0.25, -0.2) is 0 Å². The van der Waals surface area contributed by atoms with Gasteiger partial charge in [-0.05, 0) is 41.0 Å². The molecule has 2 aromatic heterocycles. The Morgan fingerprint density at radius 2 is 1.21 bits per heavy atom. The van der Waals surface area contributed by atoms with E-state index in [9.17, 15) is 9.59 Å². The van der Waals surface area contributed by atoms with Gasteiger partial charge in [0.2, 0.25) is 0 Å². The molecule has 0 saturated heterocycles. The van der Waals surface area contributed by atoms with Crippen LogP contribution in [-0.2, 0) is 10.8 Å². The van der Waals surface area contributed by atoms with E-state index in [2.05, 4.69) is 51.5 Å². The van der Waals surface area contributed by atoms with Crippen LogP contribution in [0.1, 0.15) is 95.2 Å². The lowest BCUT2D eigenvalue weighted by molar-refractivity contribution is 0.100. The topological polar surface area (TPSA) is 59.9 Å². The molecule has 29 heavy (non-hydrogen) atoms. The number of aromatic nitrogens is 2. The van der Waals surface area contributed by atoms with E-state index in [1.54, 1.807) is 31.7 Å². The van der Waals surface area contributed by atoms with Crippen LogP contribution < -0.4 is 0 Å². The van der Waals surface area contributed by atoms with Crippen LogP contribution in [0, 0.1) is 0 Å². The number of carbonyl (C=O) groups excluding carboxylic acids is 2. The Morgan fingerprint density at radius 1 is 0.828 bits per heavy atom. The molecule has 0 fully saturated rings. The summed E-state index contributed by atoms with van der Waals surface area (Å²) in [5, 5.41) is 0. The summed E-state index contributed by atoms with van der Waals surface area (Å²) < 4.78 is 0. The smallest absolute Gasteiger partial charge is 0.179 e. The molecule has 0 spiro atoms. The quantitative estimate of drug-likeness (QED) is 0.411. The largest absolute Gasteiger partial charge is 0.294 e. The normalized spacial score (nSPS) is 10.6. The summed E-state index contributed by atoms with van der Waals surface area (Å²) in [6.07, 6.45) is 6.66. The molecule has 0 amide bonds. The van der Waals surface area contributed by atoms with Gasteiger partial charge in [-0.3, -0.25) is 19.6 Å². The van der Waals surface area contributed by atoms with E-state index in [1.165, 1.54) is 0 Å². The zero-order valence-corrected chi connectivity index (χ0v) is 18.0. The molecule has 2 rings (SSSR count). The third-order valence-corrected chi connectivity index (χ3v) is 4.30. The average Bonchev–Trinajstić information content (AvgIpc) is 2.60. The number of Topliss-reactive ketones (excluding diaryl/α,β-unsaturated/α-hetero) is 2. The molecule has 0 saturated carbocycles. The van der Waals surface area contributed by atoms with Crippen LogP contribution in [0.5, 0.6) is 0 Å². The first-order valence-corrected chi connectivity index (χ1v) is 9.42. The second-order valence-corrected chi connectivity index (χ2v) is 8.72. The molecule has 0 atom stereocenters. The number of rotatable bonds is 3. The Balaban J connectivity index is 0. The molecule has 4 nitrogen and oxygen atoms in total. The Kier molecular flexibility index (Phi) is 11.9. The molecule has 0 aliphatic heterocycles. The molecule has 0 aliphatic rings. The molecule has 2 aromatic rings. The average molecular weight is 421 g/mol. The number of halogens is 1. The third kappa shape index (κ3) is 8.45. The maximum Gasteiger partial charge on any atom is 0.179 e. The van der Waals surface area contributed by atoms with E-state index in [0.717, 1.165) is 16.7 Å². The monoisotopic (exact) mass is 420 g/mol. The van der Waals surface area contributed by atoms with Crippen molar-refractivity contribution in [2.75, 3.05) is 5.88 Å². The van der Waals surface area contributed by atoms with Gasteiger partial charge in [0.15, 0.2) is 11.6 Å². The van der Waals surface area contributed by atoms with Crippen LogP contribution in [0.4, 0.5) is 0 Å². The summed E-state index contributed by atoms with van der Waals surface area (Å²) in [6, 6.07) is 3.79. The van der Waals surface area contributed by atoms with Crippen molar-refractivity contribution in [3.63, 3.8) is 0 Å². The summed E-state index contributed by atoms with van der Waals surface area (Å²) in [5.74, 6) is 0.0251. The number of hydrogen-bond donors (Lipinski definition) is 0. The molecular weight excluding hydrogens is 384 g/mol. The lowest BCUT2D eigenvalue weighted by Crippen LogP contribution is -2.17. The van der Waals surface area contributed by atoms with Gasteiger partial charge in [-0.1, -0.05) is 56.4 Å². The van der Waals surface area contributed by atoms with E-state index in [4.69, 9.17) is 11.6 Å². The predicted molar refractivity (Wildman–Crippen MR) is 124 cm³/mol. The van der Waals surface area contributed by atoms with Gasteiger partial charge in [0.1, 0.15) is 0 Å². The second kappa shape index (κ2) is 11.8. The van der Waals surface area contributed by atoms with Crippen molar-refractivity contribution in [1.29, 1.82) is 0 Å².